The van der Waals surface area contributed by atoms with Crippen molar-refractivity contribution >= 4 is 23.0 Å². The molecule has 0 atom stereocenters. The highest BCUT2D eigenvalue weighted by molar-refractivity contribution is 6.33. The van der Waals surface area contributed by atoms with Crippen LogP contribution < -0.4 is 10.2 Å². The first-order chi connectivity index (χ1) is 10.2. The molecule has 0 saturated carbocycles. The maximum Gasteiger partial charge on any atom is 0.125 e. The van der Waals surface area contributed by atoms with Crippen LogP contribution >= 0.6 is 11.6 Å². The summed E-state index contributed by atoms with van der Waals surface area (Å²) in [4.78, 5) is 2.41. The molecule has 0 aromatic heterocycles. The molecule has 3 rings (SSSR count). The van der Waals surface area contributed by atoms with Crippen molar-refractivity contribution in [1.82, 2.24) is 0 Å². The van der Waals surface area contributed by atoms with E-state index in [9.17, 15) is 4.39 Å². The molecule has 2 aromatic carbocycles. The fourth-order valence-electron chi connectivity index (χ4n) is 2.75. The number of para-hydroxylation sites is 1. The van der Waals surface area contributed by atoms with Gasteiger partial charge in [-0.2, -0.15) is 0 Å². The van der Waals surface area contributed by atoms with Gasteiger partial charge in [-0.15, -0.1) is 0 Å². The third kappa shape index (κ3) is 3.30. The van der Waals surface area contributed by atoms with Gasteiger partial charge in [0.25, 0.3) is 0 Å². The molecule has 0 spiro atoms. The molecular formula is C17H18ClFN2. The Balaban J connectivity index is 1.77. The normalized spacial score (nSPS) is 14.5. The molecule has 0 unspecified atom stereocenters. The Hall–Kier alpha value is -1.74. The van der Waals surface area contributed by atoms with Crippen LogP contribution in [0.3, 0.4) is 0 Å². The second kappa shape index (κ2) is 6.35. The first-order valence-electron chi connectivity index (χ1n) is 7.26. The second-order valence-electron chi connectivity index (χ2n) is 5.30. The Bertz CT molecular complexity index is 624. The average Bonchev–Trinajstić information content (AvgIpc) is 3.03. The number of halogens is 2. The van der Waals surface area contributed by atoms with E-state index in [4.69, 9.17) is 11.6 Å². The van der Waals surface area contributed by atoms with Crippen molar-refractivity contribution < 1.29 is 4.39 Å². The third-order valence-corrected chi connectivity index (χ3v) is 4.17. The summed E-state index contributed by atoms with van der Waals surface area (Å²) in [6, 6.07) is 12.7. The minimum atomic E-state index is -0.283. The lowest BCUT2D eigenvalue weighted by atomic mass is 10.1. The summed E-state index contributed by atoms with van der Waals surface area (Å²) >= 11 is 6.09. The lowest BCUT2D eigenvalue weighted by Gasteiger charge is -2.22. The average molecular weight is 305 g/mol. The quantitative estimate of drug-likeness (QED) is 0.881. The molecule has 1 N–H and O–H groups in total. The molecule has 1 heterocycles. The summed E-state index contributed by atoms with van der Waals surface area (Å²) in [7, 11) is 0. The summed E-state index contributed by atoms with van der Waals surface area (Å²) in [5.74, 6) is -0.283. The van der Waals surface area contributed by atoms with Crippen molar-refractivity contribution in [2.75, 3.05) is 23.3 Å². The highest BCUT2D eigenvalue weighted by Gasteiger charge is 2.15. The van der Waals surface area contributed by atoms with E-state index < -0.39 is 0 Å². The summed E-state index contributed by atoms with van der Waals surface area (Å²) in [5.41, 5.74) is 3.10. The Kier molecular flexibility index (Phi) is 4.30. The van der Waals surface area contributed by atoms with E-state index >= 15 is 0 Å². The first-order valence-corrected chi connectivity index (χ1v) is 7.63. The van der Waals surface area contributed by atoms with Gasteiger partial charge < -0.3 is 10.2 Å². The molecule has 0 aliphatic carbocycles. The van der Waals surface area contributed by atoms with Crippen LogP contribution in [0.4, 0.5) is 15.8 Å². The Morgan fingerprint density at radius 2 is 1.86 bits per heavy atom. The summed E-state index contributed by atoms with van der Waals surface area (Å²) < 4.78 is 13.3. The van der Waals surface area contributed by atoms with Gasteiger partial charge in [-0.25, -0.2) is 4.39 Å². The van der Waals surface area contributed by atoms with Crippen LogP contribution in [0.15, 0.2) is 42.5 Å². The van der Waals surface area contributed by atoms with Gasteiger partial charge in [-0.05, 0) is 42.7 Å². The number of benzene rings is 2. The number of rotatable bonds is 4. The third-order valence-electron chi connectivity index (χ3n) is 3.84. The molecule has 1 saturated heterocycles. The Morgan fingerprint density at radius 1 is 1.10 bits per heavy atom. The van der Waals surface area contributed by atoms with Gasteiger partial charge in [0.05, 0.1) is 10.7 Å². The maximum atomic E-state index is 13.3. The van der Waals surface area contributed by atoms with E-state index in [2.05, 4.69) is 28.4 Å². The molecule has 0 amide bonds. The maximum absolute atomic E-state index is 13.3. The van der Waals surface area contributed by atoms with Gasteiger partial charge in [0.1, 0.15) is 5.82 Å². The molecule has 110 valence electrons. The van der Waals surface area contributed by atoms with Crippen molar-refractivity contribution in [3.63, 3.8) is 0 Å². The van der Waals surface area contributed by atoms with Gasteiger partial charge in [-0.3, -0.25) is 0 Å². The zero-order valence-electron chi connectivity index (χ0n) is 11.8. The van der Waals surface area contributed by atoms with E-state index in [0.29, 0.717) is 17.3 Å². The number of anilines is 2. The van der Waals surface area contributed by atoms with E-state index in [1.807, 2.05) is 6.07 Å². The number of nitrogens with one attached hydrogen (secondary N) is 1. The Labute approximate surface area is 129 Å². The SMILES string of the molecule is Fc1ccc(Cl)c(NCc2ccccc2N2CCCC2)c1. The molecule has 2 nitrogen and oxygen atoms in total. The highest BCUT2D eigenvalue weighted by Crippen LogP contribution is 2.27. The molecule has 1 fully saturated rings. The molecule has 1 aliphatic rings. The molecule has 4 heteroatoms. The van der Waals surface area contributed by atoms with Crippen LogP contribution in [-0.2, 0) is 6.54 Å². The molecule has 21 heavy (non-hydrogen) atoms. The highest BCUT2D eigenvalue weighted by atomic mass is 35.5. The molecule has 1 aliphatic heterocycles. The van der Waals surface area contributed by atoms with E-state index in [-0.39, 0.29) is 5.82 Å². The zero-order valence-corrected chi connectivity index (χ0v) is 12.5. The largest absolute Gasteiger partial charge is 0.380 e. The zero-order chi connectivity index (χ0) is 14.7. The monoisotopic (exact) mass is 304 g/mol. The standard InChI is InChI=1S/C17H18ClFN2/c18-15-8-7-14(19)11-16(15)20-12-13-5-1-2-6-17(13)21-9-3-4-10-21/h1-2,5-8,11,20H,3-4,9-10,12H2. The van der Waals surface area contributed by atoms with E-state index in [1.165, 1.54) is 36.2 Å². The fourth-order valence-corrected chi connectivity index (χ4v) is 2.93. The number of hydrogen-bond acceptors (Lipinski definition) is 2. The topological polar surface area (TPSA) is 15.3 Å². The minimum absolute atomic E-state index is 0.283. The molecular weight excluding hydrogens is 287 g/mol. The second-order valence-corrected chi connectivity index (χ2v) is 5.71. The van der Waals surface area contributed by atoms with Crippen LogP contribution in [0.1, 0.15) is 18.4 Å². The smallest absolute Gasteiger partial charge is 0.125 e. The van der Waals surface area contributed by atoms with Crippen LogP contribution in [0.25, 0.3) is 0 Å². The van der Waals surface area contributed by atoms with Crippen LogP contribution in [0.2, 0.25) is 5.02 Å². The van der Waals surface area contributed by atoms with Crippen molar-refractivity contribution in [3.05, 3.63) is 58.9 Å². The molecule has 0 bridgehead atoms. The summed E-state index contributed by atoms with van der Waals surface area (Å²) in [6.45, 7) is 2.85. The van der Waals surface area contributed by atoms with Gasteiger partial charge in [0, 0.05) is 25.3 Å². The predicted octanol–water partition coefficient (Wildman–Crippen LogP) is 4.69. The van der Waals surface area contributed by atoms with Crippen molar-refractivity contribution in [1.29, 1.82) is 0 Å². The van der Waals surface area contributed by atoms with Gasteiger partial charge >= 0.3 is 0 Å². The van der Waals surface area contributed by atoms with Gasteiger partial charge in [-0.1, -0.05) is 29.8 Å². The Morgan fingerprint density at radius 3 is 2.67 bits per heavy atom. The molecule has 0 radical (unpaired) electrons. The van der Waals surface area contributed by atoms with Gasteiger partial charge in [0.2, 0.25) is 0 Å². The van der Waals surface area contributed by atoms with E-state index in [0.717, 1.165) is 13.1 Å². The summed E-state index contributed by atoms with van der Waals surface area (Å²) in [6.07, 6.45) is 2.50. The van der Waals surface area contributed by atoms with Crippen LogP contribution in [-0.4, -0.2) is 13.1 Å². The van der Waals surface area contributed by atoms with Crippen molar-refractivity contribution in [2.45, 2.75) is 19.4 Å². The number of hydrogen-bond donors (Lipinski definition) is 1. The first kappa shape index (κ1) is 14.2. The number of nitrogens with zero attached hydrogens (tertiary/aromatic N) is 1. The summed E-state index contributed by atoms with van der Waals surface area (Å²) in [5, 5.41) is 3.77. The van der Waals surface area contributed by atoms with Crippen molar-refractivity contribution in [3.8, 4) is 0 Å². The van der Waals surface area contributed by atoms with Crippen LogP contribution in [0, 0.1) is 5.82 Å². The lowest BCUT2D eigenvalue weighted by Crippen LogP contribution is -2.19. The predicted molar refractivity (Wildman–Crippen MR) is 86.6 cm³/mol. The van der Waals surface area contributed by atoms with Crippen LogP contribution in [0.5, 0.6) is 0 Å². The van der Waals surface area contributed by atoms with Gasteiger partial charge in [0.15, 0.2) is 0 Å². The molecule has 2 aromatic rings. The minimum Gasteiger partial charge on any atom is -0.380 e. The fraction of sp³-hybridized carbons (Fsp3) is 0.294. The van der Waals surface area contributed by atoms with Crippen molar-refractivity contribution in [2.24, 2.45) is 0 Å². The lowest BCUT2D eigenvalue weighted by molar-refractivity contribution is 0.628. The van der Waals surface area contributed by atoms with E-state index in [1.54, 1.807) is 6.07 Å².